The summed E-state index contributed by atoms with van der Waals surface area (Å²) >= 11 is 5.79. The zero-order chi connectivity index (χ0) is 13.4. The predicted molar refractivity (Wildman–Crippen MR) is 73.6 cm³/mol. The third-order valence-corrected chi connectivity index (χ3v) is 3.08. The number of aliphatic hydroxyl groups excluding tert-OH is 1. The van der Waals surface area contributed by atoms with Crippen LogP contribution in [0.25, 0.3) is 0 Å². The smallest absolute Gasteiger partial charge is 0.220 e. The van der Waals surface area contributed by atoms with Crippen LogP contribution in [-0.2, 0) is 11.2 Å². The fourth-order valence-corrected chi connectivity index (χ4v) is 1.73. The van der Waals surface area contributed by atoms with Crippen molar-refractivity contribution in [2.75, 3.05) is 13.2 Å². The van der Waals surface area contributed by atoms with Crippen LogP contribution in [0.5, 0.6) is 0 Å². The van der Waals surface area contributed by atoms with Gasteiger partial charge in [0.05, 0.1) is 0 Å². The van der Waals surface area contributed by atoms with Gasteiger partial charge in [-0.25, -0.2) is 0 Å². The summed E-state index contributed by atoms with van der Waals surface area (Å²) < 4.78 is 0. The van der Waals surface area contributed by atoms with Gasteiger partial charge in [0, 0.05) is 24.6 Å². The van der Waals surface area contributed by atoms with E-state index in [1.807, 2.05) is 31.2 Å². The Balaban J connectivity index is 2.22. The molecule has 1 amide bonds. The van der Waals surface area contributed by atoms with Gasteiger partial charge in [0.1, 0.15) is 0 Å². The Bertz CT molecular complexity index is 365. The lowest BCUT2D eigenvalue weighted by Gasteiger charge is -2.11. The molecule has 0 spiro atoms. The number of hydrogen-bond acceptors (Lipinski definition) is 2. The van der Waals surface area contributed by atoms with Crippen LogP contribution in [0.15, 0.2) is 24.3 Å². The molecule has 0 aromatic heterocycles. The van der Waals surface area contributed by atoms with E-state index in [0.29, 0.717) is 23.9 Å². The molecule has 1 unspecified atom stereocenters. The summed E-state index contributed by atoms with van der Waals surface area (Å²) in [6.07, 6.45) is 1.92. The van der Waals surface area contributed by atoms with Gasteiger partial charge in [-0.05, 0) is 36.5 Å². The molecule has 0 fully saturated rings. The number of rotatable bonds is 7. The van der Waals surface area contributed by atoms with Gasteiger partial charge in [0.2, 0.25) is 5.91 Å². The maximum Gasteiger partial charge on any atom is 0.220 e. The van der Waals surface area contributed by atoms with Gasteiger partial charge in [-0.3, -0.25) is 4.79 Å². The first-order valence-electron chi connectivity index (χ1n) is 6.24. The van der Waals surface area contributed by atoms with E-state index in [2.05, 4.69) is 5.32 Å². The van der Waals surface area contributed by atoms with E-state index in [0.717, 1.165) is 18.4 Å². The lowest BCUT2D eigenvalue weighted by Crippen LogP contribution is -2.28. The molecule has 0 aliphatic carbocycles. The number of amides is 1. The monoisotopic (exact) mass is 269 g/mol. The molecule has 1 aromatic carbocycles. The van der Waals surface area contributed by atoms with Gasteiger partial charge in [0.15, 0.2) is 0 Å². The molecule has 0 bridgehead atoms. The number of aliphatic hydroxyl groups is 1. The molecule has 4 heteroatoms. The number of nitrogens with one attached hydrogen (secondary N) is 1. The van der Waals surface area contributed by atoms with Crippen LogP contribution >= 0.6 is 11.6 Å². The maximum absolute atomic E-state index is 11.6. The largest absolute Gasteiger partial charge is 0.396 e. The number of carbonyl (C=O) groups excluding carboxylic acids is 1. The van der Waals surface area contributed by atoms with Crippen LogP contribution in [0.2, 0.25) is 5.02 Å². The predicted octanol–water partition coefficient (Wildman–Crippen LogP) is 2.41. The number of hydrogen-bond donors (Lipinski definition) is 2. The van der Waals surface area contributed by atoms with E-state index >= 15 is 0 Å². The molecule has 1 aromatic rings. The van der Waals surface area contributed by atoms with Gasteiger partial charge < -0.3 is 10.4 Å². The molecule has 0 aliphatic heterocycles. The van der Waals surface area contributed by atoms with Crippen molar-refractivity contribution < 1.29 is 9.90 Å². The van der Waals surface area contributed by atoms with Gasteiger partial charge in [-0.1, -0.05) is 30.7 Å². The van der Waals surface area contributed by atoms with Gasteiger partial charge in [-0.2, -0.15) is 0 Å². The van der Waals surface area contributed by atoms with Crippen molar-refractivity contribution in [2.24, 2.45) is 5.92 Å². The van der Waals surface area contributed by atoms with Crippen LogP contribution < -0.4 is 5.32 Å². The normalized spacial score (nSPS) is 12.2. The fraction of sp³-hybridized carbons (Fsp3) is 0.500. The minimum Gasteiger partial charge on any atom is -0.396 e. The topological polar surface area (TPSA) is 49.3 Å². The fourth-order valence-electron chi connectivity index (χ4n) is 1.61. The molecular formula is C14H20ClNO2. The van der Waals surface area contributed by atoms with Crippen LogP contribution in [0.4, 0.5) is 0 Å². The summed E-state index contributed by atoms with van der Waals surface area (Å²) in [5.74, 6) is 0.365. The highest BCUT2D eigenvalue weighted by atomic mass is 35.5. The number of halogens is 1. The lowest BCUT2D eigenvalue weighted by molar-refractivity contribution is -0.121. The number of carbonyl (C=O) groups is 1. The minimum absolute atomic E-state index is 0.0507. The summed E-state index contributed by atoms with van der Waals surface area (Å²) in [6, 6.07) is 7.53. The highest BCUT2D eigenvalue weighted by Crippen LogP contribution is 2.10. The molecular weight excluding hydrogens is 250 g/mol. The minimum atomic E-state index is 0.0507. The summed E-state index contributed by atoms with van der Waals surface area (Å²) in [6.45, 7) is 2.80. The summed E-state index contributed by atoms with van der Waals surface area (Å²) in [5, 5.41) is 12.3. The van der Waals surface area contributed by atoms with Crippen molar-refractivity contribution in [3.63, 3.8) is 0 Å². The standard InChI is InChI=1S/C14H20ClNO2/c1-11(8-9-17)10-16-14(18)7-4-12-2-5-13(15)6-3-12/h2-3,5-6,11,17H,4,7-10H2,1H3,(H,16,18). The van der Waals surface area contributed by atoms with Crippen molar-refractivity contribution in [3.8, 4) is 0 Å². The molecule has 18 heavy (non-hydrogen) atoms. The number of benzene rings is 1. The van der Waals surface area contributed by atoms with Gasteiger partial charge >= 0.3 is 0 Å². The highest BCUT2D eigenvalue weighted by molar-refractivity contribution is 6.30. The Kier molecular flexibility index (Phi) is 6.76. The first kappa shape index (κ1) is 15.0. The Hall–Kier alpha value is -1.06. The Labute approximate surface area is 113 Å². The van der Waals surface area contributed by atoms with Crippen molar-refractivity contribution in [1.82, 2.24) is 5.32 Å². The molecule has 1 atom stereocenters. The maximum atomic E-state index is 11.6. The quantitative estimate of drug-likeness (QED) is 0.799. The first-order chi connectivity index (χ1) is 8.61. The molecule has 0 heterocycles. The zero-order valence-corrected chi connectivity index (χ0v) is 11.4. The third kappa shape index (κ3) is 6.03. The van der Waals surface area contributed by atoms with E-state index in [1.165, 1.54) is 0 Å². The highest BCUT2D eigenvalue weighted by Gasteiger charge is 2.05. The van der Waals surface area contributed by atoms with Gasteiger partial charge in [-0.15, -0.1) is 0 Å². The third-order valence-electron chi connectivity index (χ3n) is 2.82. The zero-order valence-electron chi connectivity index (χ0n) is 10.7. The second kappa shape index (κ2) is 8.11. The molecule has 1 rings (SSSR count). The van der Waals surface area contributed by atoms with E-state index in [-0.39, 0.29) is 12.5 Å². The second-order valence-corrected chi connectivity index (χ2v) is 4.98. The molecule has 100 valence electrons. The average Bonchev–Trinajstić information content (AvgIpc) is 2.36. The van der Waals surface area contributed by atoms with Crippen molar-refractivity contribution >= 4 is 17.5 Å². The van der Waals surface area contributed by atoms with Crippen LogP contribution in [0.3, 0.4) is 0 Å². The molecule has 2 N–H and O–H groups in total. The van der Waals surface area contributed by atoms with E-state index in [9.17, 15) is 4.79 Å². The average molecular weight is 270 g/mol. The van der Waals surface area contributed by atoms with E-state index in [1.54, 1.807) is 0 Å². The molecule has 3 nitrogen and oxygen atoms in total. The summed E-state index contributed by atoms with van der Waals surface area (Å²) in [5.41, 5.74) is 1.11. The van der Waals surface area contributed by atoms with Crippen LogP contribution in [0, 0.1) is 5.92 Å². The number of aryl methyl sites for hydroxylation is 1. The molecule has 0 saturated carbocycles. The summed E-state index contributed by atoms with van der Waals surface area (Å²) in [7, 11) is 0. The molecule has 0 saturated heterocycles. The lowest BCUT2D eigenvalue weighted by atomic mass is 10.1. The van der Waals surface area contributed by atoms with Crippen LogP contribution in [0.1, 0.15) is 25.3 Å². The molecule has 0 radical (unpaired) electrons. The van der Waals surface area contributed by atoms with E-state index in [4.69, 9.17) is 16.7 Å². The van der Waals surface area contributed by atoms with Gasteiger partial charge in [0.25, 0.3) is 0 Å². The second-order valence-electron chi connectivity index (χ2n) is 4.55. The Morgan fingerprint density at radius 3 is 2.67 bits per heavy atom. The first-order valence-corrected chi connectivity index (χ1v) is 6.61. The Morgan fingerprint density at radius 1 is 1.39 bits per heavy atom. The van der Waals surface area contributed by atoms with Crippen molar-refractivity contribution in [1.29, 1.82) is 0 Å². The van der Waals surface area contributed by atoms with Crippen molar-refractivity contribution in [2.45, 2.75) is 26.2 Å². The van der Waals surface area contributed by atoms with Crippen molar-refractivity contribution in [3.05, 3.63) is 34.9 Å². The molecule has 0 aliphatic rings. The SMILES string of the molecule is CC(CCO)CNC(=O)CCc1ccc(Cl)cc1. The summed E-state index contributed by atoms with van der Waals surface area (Å²) in [4.78, 5) is 11.6. The Morgan fingerprint density at radius 2 is 2.06 bits per heavy atom. The van der Waals surface area contributed by atoms with Crippen LogP contribution in [-0.4, -0.2) is 24.2 Å². The van der Waals surface area contributed by atoms with E-state index < -0.39 is 0 Å².